The Kier molecular flexibility index (Phi) is 4.10. The number of amides is 1. The van der Waals surface area contributed by atoms with Crippen LogP contribution >= 0.6 is 0 Å². The van der Waals surface area contributed by atoms with Gasteiger partial charge in [-0.15, -0.1) is 5.10 Å². The zero-order valence-electron chi connectivity index (χ0n) is 12.7. The molecule has 0 aromatic carbocycles. The van der Waals surface area contributed by atoms with Gasteiger partial charge in [0.15, 0.2) is 0 Å². The summed E-state index contributed by atoms with van der Waals surface area (Å²) in [5.41, 5.74) is 1.05. The van der Waals surface area contributed by atoms with Gasteiger partial charge in [-0.3, -0.25) is 14.2 Å². The molecule has 0 bridgehead atoms. The average molecular weight is 305 g/mol. The van der Waals surface area contributed by atoms with E-state index in [1.54, 1.807) is 24.1 Å². The molecule has 0 spiro atoms. The molecule has 3 heterocycles. The van der Waals surface area contributed by atoms with Crippen LogP contribution in [0, 0.1) is 0 Å². The molecule has 1 aliphatic heterocycles. The van der Waals surface area contributed by atoms with E-state index in [0.717, 1.165) is 26.1 Å². The number of carbonyl (C=O) groups excluding carboxylic acids is 1. The molecule has 8 heteroatoms. The molecule has 1 saturated heterocycles. The second-order valence-corrected chi connectivity index (χ2v) is 5.23. The van der Waals surface area contributed by atoms with Crippen LogP contribution in [0.2, 0.25) is 0 Å². The van der Waals surface area contributed by atoms with Gasteiger partial charge >= 0.3 is 0 Å². The van der Waals surface area contributed by atoms with Crippen LogP contribution in [0.3, 0.4) is 0 Å². The summed E-state index contributed by atoms with van der Waals surface area (Å²) < 4.78 is 13.9. The predicted molar refractivity (Wildman–Crippen MR) is 79.0 cm³/mol. The maximum Gasteiger partial charge on any atom is 0.262 e. The zero-order chi connectivity index (χ0) is 15.5. The molecule has 3 rings (SSSR count). The number of nitrogens with zero attached hydrogens (tertiary/aromatic N) is 4. The number of nitrogens with one attached hydrogen (secondary N) is 1. The largest absolute Gasteiger partial charge is 0.479 e. The molecule has 1 fully saturated rings. The minimum absolute atomic E-state index is 0.267. The first-order chi connectivity index (χ1) is 10.7. The normalized spacial score (nSPS) is 15.7. The van der Waals surface area contributed by atoms with Gasteiger partial charge in [-0.1, -0.05) is 0 Å². The second kappa shape index (κ2) is 6.18. The van der Waals surface area contributed by atoms with E-state index < -0.39 is 0 Å². The van der Waals surface area contributed by atoms with Gasteiger partial charge < -0.3 is 14.8 Å². The van der Waals surface area contributed by atoms with Crippen molar-refractivity contribution in [3.63, 3.8) is 0 Å². The van der Waals surface area contributed by atoms with Crippen molar-refractivity contribution in [1.29, 1.82) is 0 Å². The number of hydrogen-bond donors (Lipinski definition) is 1. The summed E-state index contributed by atoms with van der Waals surface area (Å²) in [6.07, 6.45) is 6.99. The summed E-state index contributed by atoms with van der Waals surface area (Å²) >= 11 is 0. The molecule has 0 saturated carbocycles. The first-order valence-electron chi connectivity index (χ1n) is 7.18. The van der Waals surface area contributed by atoms with Crippen LogP contribution in [0.5, 0.6) is 5.88 Å². The molecule has 1 N–H and O–H groups in total. The summed E-state index contributed by atoms with van der Waals surface area (Å²) in [5, 5.41) is 11.2. The highest BCUT2D eigenvalue weighted by molar-refractivity contribution is 6.05. The fourth-order valence-electron chi connectivity index (χ4n) is 2.52. The summed E-state index contributed by atoms with van der Waals surface area (Å²) in [4.78, 5) is 12.3. The second-order valence-electron chi connectivity index (χ2n) is 5.23. The summed E-state index contributed by atoms with van der Waals surface area (Å²) in [5.74, 6) is 0.0355. The highest BCUT2D eigenvalue weighted by Gasteiger charge is 2.19. The third kappa shape index (κ3) is 2.96. The molecule has 1 aliphatic rings. The highest BCUT2D eigenvalue weighted by Crippen LogP contribution is 2.22. The Bertz CT molecular complexity index is 657. The monoisotopic (exact) mass is 305 g/mol. The Balaban J connectivity index is 1.70. The lowest BCUT2D eigenvalue weighted by Gasteiger charge is -2.22. The number of carbonyl (C=O) groups is 1. The van der Waals surface area contributed by atoms with Crippen molar-refractivity contribution < 1.29 is 14.3 Å². The van der Waals surface area contributed by atoms with E-state index >= 15 is 0 Å². The van der Waals surface area contributed by atoms with E-state index in [1.165, 1.54) is 7.11 Å². The van der Waals surface area contributed by atoms with Crippen molar-refractivity contribution in [2.24, 2.45) is 7.05 Å². The summed E-state index contributed by atoms with van der Waals surface area (Å²) in [6, 6.07) is 0.326. The van der Waals surface area contributed by atoms with Crippen molar-refractivity contribution in [1.82, 2.24) is 19.6 Å². The molecule has 0 atom stereocenters. The molecule has 118 valence electrons. The van der Waals surface area contributed by atoms with E-state index in [9.17, 15) is 4.79 Å². The Morgan fingerprint density at radius 2 is 2.18 bits per heavy atom. The molecule has 0 unspecified atom stereocenters. The van der Waals surface area contributed by atoms with E-state index in [4.69, 9.17) is 9.47 Å². The smallest absolute Gasteiger partial charge is 0.262 e. The number of ether oxygens (including phenoxy) is 2. The fraction of sp³-hybridized carbons (Fsp3) is 0.500. The van der Waals surface area contributed by atoms with Crippen LogP contribution < -0.4 is 10.1 Å². The average Bonchev–Trinajstić information content (AvgIpc) is 3.14. The lowest BCUT2D eigenvalue weighted by molar-refractivity contribution is 0.0662. The molecule has 1 amide bonds. The van der Waals surface area contributed by atoms with E-state index in [0.29, 0.717) is 23.2 Å². The summed E-state index contributed by atoms with van der Waals surface area (Å²) in [7, 11) is 3.23. The van der Waals surface area contributed by atoms with Crippen molar-refractivity contribution in [2.45, 2.75) is 18.9 Å². The van der Waals surface area contributed by atoms with Gasteiger partial charge in [-0.2, -0.15) is 5.10 Å². The zero-order valence-corrected chi connectivity index (χ0v) is 12.7. The first kappa shape index (κ1) is 14.6. The van der Waals surface area contributed by atoms with Gasteiger partial charge in [0.2, 0.25) is 5.88 Å². The van der Waals surface area contributed by atoms with Gasteiger partial charge in [0.25, 0.3) is 5.91 Å². The van der Waals surface area contributed by atoms with Crippen LogP contribution in [0.25, 0.3) is 0 Å². The Labute approximate surface area is 128 Å². The SMILES string of the molecule is COc1nn(C)cc1C(=O)Nc1cnn(C2CCOCC2)c1. The Hall–Kier alpha value is -2.35. The van der Waals surface area contributed by atoms with Crippen molar-refractivity contribution in [2.75, 3.05) is 25.6 Å². The van der Waals surface area contributed by atoms with E-state index in [-0.39, 0.29) is 5.91 Å². The summed E-state index contributed by atoms with van der Waals surface area (Å²) in [6.45, 7) is 1.50. The van der Waals surface area contributed by atoms with Gasteiger partial charge in [0.05, 0.1) is 25.0 Å². The number of rotatable bonds is 4. The van der Waals surface area contributed by atoms with Gasteiger partial charge in [-0.05, 0) is 12.8 Å². The number of anilines is 1. The topological polar surface area (TPSA) is 83.2 Å². The molecule has 22 heavy (non-hydrogen) atoms. The molecular weight excluding hydrogens is 286 g/mol. The lowest BCUT2D eigenvalue weighted by Crippen LogP contribution is -2.19. The van der Waals surface area contributed by atoms with Gasteiger partial charge in [0.1, 0.15) is 5.56 Å². The standard InChI is InChI=1S/C14H19N5O3/c1-18-9-12(14(17-18)21-2)13(20)16-10-7-15-19(8-10)11-3-5-22-6-4-11/h7-9,11H,3-6H2,1-2H3,(H,16,20). The van der Waals surface area contributed by atoms with Gasteiger partial charge in [-0.25, -0.2) is 0 Å². The number of hydrogen-bond acceptors (Lipinski definition) is 5. The van der Waals surface area contributed by atoms with Crippen molar-refractivity contribution >= 4 is 11.6 Å². The Morgan fingerprint density at radius 1 is 1.41 bits per heavy atom. The molecule has 2 aromatic heterocycles. The maximum atomic E-state index is 12.3. The quantitative estimate of drug-likeness (QED) is 0.918. The maximum absolute atomic E-state index is 12.3. The van der Waals surface area contributed by atoms with Crippen LogP contribution in [0.4, 0.5) is 5.69 Å². The molecule has 8 nitrogen and oxygen atoms in total. The third-order valence-electron chi connectivity index (χ3n) is 3.66. The number of aryl methyl sites for hydroxylation is 1. The first-order valence-corrected chi connectivity index (χ1v) is 7.18. The number of methoxy groups -OCH3 is 1. The highest BCUT2D eigenvalue weighted by atomic mass is 16.5. The molecule has 2 aromatic rings. The van der Waals surface area contributed by atoms with Crippen molar-refractivity contribution in [3.8, 4) is 5.88 Å². The van der Waals surface area contributed by atoms with Gasteiger partial charge in [0, 0.05) is 32.7 Å². The minimum atomic E-state index is -0.267. The van der Waals surface area contributed by atoms with Crippen molar-refractivity contribution in [3.05, 3.63) is 24.2 Å². The van der Waals surface area contributed by atoms with Crippen LogP contribution in [-0.2, 0) is 11.8 Å². The van der Waals surface area contributed by atoms with E-state index in [2.05, 4.69) is 15.5 Å². The van der Waals surface area contributed by atoms with Crippen LogP contribution in [-0.4, -0.2) is 45.8 Å². The van der Waals surface area contributed by atoms with Crippen LogP contribution in [0.1, 0.15) is 29.2 Å². The van der Waals surface area contributed by atoms with E-state index in [1.807, 2.05) is 10.9 Å². The predicted octanol–water partition coefficient (Wildman–Crippen LogP) is 1.23. The molecular formula is C14H19N5O3. The number of aromatic nitrogens is 4. The minimum Gasteiger partial charge on any atom is -0.479 e. The molecule has 0 aliphatic carbocycles. The van der Waals surface area contributed by atoms with Crippen LogP contribution in [0.15, 0.2) is 18.6 Å². The molecule has 0 radical (unpaired) electrons. The Morgan fingerprint density at radius 3 is 2.91 bits per heavy atom. The fourth-order valence-corrected chi connectivity index (χ4v) is 2.52. The third-order valence-corrected chi connectivity index (χ3v) is 3.66. The lowest BCUT2D eigenvalue weighted by atomic mass is 10.1.